The van der Waals surface area contributed by atoms with E-state index < -0.39 is 6.04 Å². The molecular formula is C14H23ClN4O. The van der Waals surface area contributed by atoms with E-state index in [1.807, 2.05) is 24.5 Å². The first-order valence-corrected chi connectivity index (χ1v) is 6.85. The molecule has 6 heteroatoms. The smallest absolute Gasteiger partial charge is 0.236 e. The predicted octanol–water partition coefficient (Wildman–Crippen LogP) is 1.18. The zero-order chi connectivity index (χ0) is 13.7. The van der Waals surface area contributed by atoms with E-state index in [1.54, 1.807) is 6.92 Å². The third-order valence-electron chi connectivity index (χ3n) is 3.62. The number of nitrogens with zero attached hydrogens (tertiary/aromatic N) is 2. The van der Waals surface area contributed by atoms with Crippen molar-refractivity contribution in [2.75, 3.05) is 24.5 Å². The van der Waals surface area contributed by atoms with Crippen LogP contribution in [0, 0.1) is 5.92 Å². The fourth-order valence-corrected chi connectivity index (χ4v) is 2.36. The van der Waals surface area contributed by atoms with Crippen molar-refractivity contribution < 1.29 is 4.79 Å². The van der Waals surface area contributed by atoms with Crippen molar-refractivity contribution >= 4 is 24.0 Å². The Morgan fingerprint density at radius 1 is 1.45 bits per heavy atom. The maximum atomic E-state index is 11.4. The highest BCUT2D eigenvalue weighted by molar-refractivity contribution is 5.85. The average Bonchev–Trinajstić information content (AvgIpc) is 2.46. The van der Waals surface area contributed by atoms with Crippen LogP contribution in [-0.2, 0) is 4.79 Å². The van der Waals surface area contributed by atoms with E-state index in [9.17, 15) is 4.79 Å². The van der Waals surface area contributed by atoms with Crippen molar-refractivity contribution in [1.29, 1.82) is 0 Å². The second-order valence-electron chi connectivity index (χ2n) is 5.17. The van der Waals surface area contributed by atoms with Crippen LogP contribution < -0.4 is 16.0 Å². The normalized spacial score (nSPS) is 17.2. The summed E-state index contributed by atoms with van der Waals surface area (Å²) >= 11 is 0. The Bertz CT molecular complexity index is 405. The summed E-state index contributed by atoms with van der Waals surface area (Å²) in [6.07, 6.45) is 5.84. The van der Waals surface area contributed by atoms with Crippen LogP contribution in [0.3, 0.4) is 0 Å². The highest BCUT2D eigenvalue weighted by Crippen LogP contribution is 2.22. The number of piperidine rings is 1. The van der Waals surface area contributed by atoms with Gasteiger partial charge in [0.25, 0.3) is 0 Å². The third-order valence-corrected chi connectivity index (χ3v) is 3.62. The van der Waals surface area contributed by atoms with Gasteiger partial charge in [-0.05, 0) is 37.8 Å². The van der Waals surface area contributed by atoms with Gasteiger partial charge in [-0.3, -0.25) is 9.78 Å². The molecule has 2 heterocycles. The maximum absolute atomic E-state index is 11.4. The van der Waals surface area contributed by atoms with Crippen LogP contribution in [0.1, 0.15) is 19.8 Å². The van der Waals surface area contributed by atoms with E-state index in [4.69, 9.17) is 5.73 Å². The lowest BCUT2D eigenvalue weighted by atomic mass is 9.96. The second kappa shape index (κ2) is 8.07. The summed E-state index contributed by atoms with van der Waals surface area (Å²) < 4.78 is 0. The van der Waals surface area contributed by atoms with Crippen molar-refractivity contribution in [2.45, 2.75) is 25.8 Å². The lowest BCUT2D eigenvalue weighted by Crippen LogP contribution is -2.43. The van der Waals surface area contributed by atoms with E-state index in [0.717, 1.165) is 32.5 Å². The number of pyridine rings is 1. The van der Waals surface area contributed by atoms with Gasteiger partial charge < -0.3 is 16.0 Å². The molecule has 3 N–H and O–H groups in total. The molecule has 1 aliphatic rings. The monoisotopic (exact) mass is 298 g/mol. The van der Waals surface area contributed by atoms with Gasteiger partial charge in [0.15, 0.2) is 0 Å². The first kappa shape index (κ1) is 16.7. The highest BCUT2D eigenvalue weighted by Gasteiger charge is 2.20. The molecule has 1 aromatic rings. The maximum Gasteiger partial charge on any atom is 0.236 e. The molecule has 0 bridgehead atoms. The minimum Gasteiger partial charge on any atom is -0.371 e. The summed E-state index contributed by atoms with van der Waals surface area (Å²) in [4.78, 5) is 17.8. The van der Waals surface area contributed by atoms with Gasteiger partial charge in [0, 0.05) is 37.7 Å². The zero-order valence-corrected chi connectivity index (χ0v) is 12.6. The van der Waals surface area contributed by atoms with Crippen molar-refractivity contribution in [3.8, 4) is 0 Å². The fraction of sp³-hybridized carbons (Fsp3) is 0.571. The summed E-state index contributed by atoms with van der Waals surface area (Å²) in [5, 5.41) is 2.91. The summed E-state index contributed by atoms with van der Waals surface area (Å²) in [6, 6.07) is 3.66. The Hall–Kier alpha value is -1.33. The lowest BCUT2D eigenvalue weighted by molar-refractivity contribution is -0.122. The number of rotatable bonds is 4. The number of amides is 1. The number of hydrogen-bond donors (Lipinski definition) is 2. The molecular weight excluding hydrogens is 276 g/mol. The van der Waals surface area contributed by atoms with Gasteiger partial charge in [0.2, 0.25) is 5.91 Å². The topological polar surface area (TPSA) is 71.2 Å². The van der Waals surface area contributed by atoms with Gasteiger partial charge in [-0.1, -0.05) is 0 Å². The quantitative estimate of drug-likeness (QED) is 0.876. The minimum atomic E-state index is -0.420. The van der Waals surface area contributed by atoms with Gasteiger partial charge in [-0.2, -0.15) is 0 Å². The van der Waals surface area contributed by atoms with Crippen molar-refractivity contribution in [2.24, 2.45) is 11.7 Å². The molecule has 1 fully saturated rings. The van der Waals surface area contributed by atoms with Crippen LogP contribution in [0.5, 0.6) is 0 Å². The molecule has 1 unspecified atom stereocenters. The number of halogens is 1. The van der Waals surface area contributed by atoms with Crippen LogP contribution in [0.15, 0.2) is 24.5 Å². The van der Waals surface area contributed by atoms with E-state index in [-0.39, 0.29) is 18.3 Å². The number of carbonyl (C=O) groups is 1. The molecule has 1 amide bonds. The summed E-state index contributed by atoms with van der Waals surface area (Å²) in [5.41, 5.74) is 6.75. The van der Waals surface area contributed by atoms with Gasteiger partial charge >= 0.3 is 0 Å². The van der Waals surface area contributed by atoms with E-state index in [2.05, 4.69) is 15.2 Å². The van der Waals surface area contributed by atoms with Gasteiger partial charge in [0.1, 0.15) is 0 Å². The number of anilines is 1. The zero-order valence-electron chi connectivity index (χ0n) is 11.8. The van der Waals surface area contributed by atoms with Crippen molar-refractivity contribution in [3.63, 3.8) is 0 Å². The SMILES string of the molecule is CC(N)C(=O)NCC1CCN(c2ccncc2)CC1.Cl. The van der Waals surface area contributed by atoms with Crippen LogP contribution in [0.25, 0.3) is 0 Å². The molecule has 5 nitrogen and oxygen atoms in total. The number of nitrogens with one attached hydrogen (secondary N) is 1. The van der Waals surface area contributed by atoms with Gasteiger partial charge in [-0.25, -0.2) is 0 Å². The Kier molecular flexibility index (Phi) is 6.75. The third kappa shape index (κ3) is 4.65. The first-order valence-electron chi connectivity index (χ1n) is 6.85. The number of aromatic nitrogens is 1. The van der Waals surface area contributed by atoms with E-state index in [0.29, 0.717) is 5.92 Å². The van der Waals surface area contributed by atoms with E-state index >= 15 is 0 Å². The molecule has 0 radical (unpaired) electrons. The number of hydrogen-bond acceptors (Lipinski definition) is 4. The molecule has 2 rings (SSSR count). The summed E-state index contributed by atoms with van der Waals surface area (Å²) in [7, 11) is 0. The number of carbonyl (C=O) groups excluding carboxylic acids is 1. The first-order chi connectivity index (χ1) is 9.16. The average molecular weight is 299 g/mol. The summed E-state index contributed by atoms with van der Waals surface area (Å²) in [5.74, 6) is 0.498. The molecule has 20 heavy (non-hydrogen) atoms. The van der Waals surface area contributed by atoms with Crippen molar-refractivity contribution in [1.82, 2.24) is 10.3 Å². The van der Waals surface area contributed by atoms with Crippen LogP contribution in [0.2, 0.25) is 0 Å². The Morgan fingerprint density at radius 2 is 2.05 bits per heavy atom. The van der Waals surface area contributed by atoms with Gasteiger partial charge in [0.05, 0.1) is 6.04 Å². The molecule has 0 aliphatic carbocycles. The molecule has 1 aliphatic heterocycles. The van der Waals surface area contributed by atoms with Crippen molar-refractivity contribution in [3.05, 3.63) is 24.5 Å². The molecule has 0 aromatic carbocycles. The fourth-order valence-electron chi connectivity index (χ4n) is 2.36. The molecule has 1 atom stereocenters. The molecule has 1 aromatic heterocycles. The largest absolute Gasteiger partial charge is 0.371 e. The van der Waals surface area contributed by atoms with Crippen LogP contribution >= 0.6 is 12.4 Å². The summed E-state index contributed by atoms with van der Waals surface area (Å²) in [6.45, 7) is 4.51. The lowest BCUT2D eigenvalue weighted by Gasteiger charge is -2.33. The van der Waals surface area contributed by atoms with E-state index in [1.165, 1.54) is 5.69 Å². The Balaban J connectivity index is 0.00000200. The predicted molar refractivity (Wildman–Crippen MR) is 83.1 cm³/mol. The van der Waals surface area contributed by atoms with Crippen LogP contribution in [-0.4, -0.2) is 36.6 Å². The Morgan fingerprint density at radius 3 is 2.60 bits per heavy atom. The standard InChI is InChI=1S/C14H22N4O.ClH/c1-11(15)14(19)17-10-12-4-8-18(9-5-12)13-2-6-16-7-3-13;/h2-3,6-7,11-12H,4-5,8-10,15H2,1H3,(H,17,19);1H. The van der Waals surface area contributed by atoms with Crippen LogP contribution in [0.4, 0.5) is 5.69 Å². The highest BCUT2D eigenvalue weighted by atomic mass is 35.5. The molecule has 112 valence electrons. The Labute approximate surface area is 126 Å². The van der Waals surface area contributed by atoms with Gasteiger partial charge in [-0.15, -0.1) is 12.4 Å². The second-order valence-corrected chi connectivity index (χ2v) is 5.17. The molecule has 0 saturated carbocycles. The minimum absolute atomic E-state index is 0. The molecule has 1 saturated heterocycles. The molecule has 0 spiro atoms. The number of nitrogens with two attached hydrogens (primary N) is 1.